The van der Waals surface area contributed by atoms with E-state index in [0.717, 1.165) is 36.9 Å². The lowest BCUT2D eigenvalue weighted by Crippen LogP contribution is -2.29. The number of carbonyl (C=O) groups is 1. The lowest BCUT2D eigenvalue weighted by Gasteiger charge is -2.20. The van der Waals surface area contributed by atoms with Gasteiger partial charge in [-0.05, 0) is 13.3 Å². The first-order valence-electron chi connectivity index (χ1n) is 6.18. The number of aromatic nitrogens is 1. The number of aliphatic carboxylic acids is 1. The van der Waals surface area contributed by atoms with Crippen molar-refractivity contribution in [3.05, 3.63) is 11.1 Å². The maximum Gasteiger partial charge on any atom is 0.303 e. The van der Waals surface area contributed by atoms with Gasteiger partial charge in [-0.1, -0.05) is 0 Å². The van der Waals surface area contributed by atoms with Gasteiger partial charge in [-0.15, -0.1) is 11.3 Å². The van der Waals surface area contributed by atoms with Crippen molar-refractivity contribution < 1.29 is 14.6 Å². The van der Waals surface area contributed by atoms with Gasteiger partial charge in [0.15, 0.2) is 5.13 Å². The maximum absolute atomic E-state index is 10.5. The van der Waals surface area contributed by atoms with E-state index >= 15 is 0 Å². The third-order valence-electron chi connectivity index (χ3n) is 2.86. The summed E-state index contributed by atoms with van der Waals surface area (Å²) < 4.78 is 5.60. The number of carboxylic acids is 1. The summed E-state index contributed by atoms with van der Waals surface area (Å²) in [6.07, 6.45) is 1.88. The molecule has 1 atom stereocenters. The number of thiazole rings is 1. The van der Waals surface area contributed by atoms with Gasteiger partial charge in [0.2, 0.25) is 0 Å². The Balaban J connectivity index is 1.97. The molecule has 1 aromatic rings. The van der Waals surface area contributed by atoms with Crippen LogP contribution in [0, 0.1) is 0 Å². The van der Waals surface area contributed by atoms with Crippen molar-refractivity contribution in [3.8, 4) is 0 Å². The molecular formula is C12H18N2O3S. The van der Waals surface area contributed by atoms with Crippen LogP contribution < -0.4 is 4.90 Å². The van der Waals surface area contributed by atoms with E-state index in [1.807, 2.05) is 5.38 Å². The molecule has 2 heterocycles. The Bertz CT molecular complexity index is 408. The lowest BCUT2D eigenvalue weighted by molar-refractivity contribution is -0.136. The highest BCUT2D eigenvalue weighted by molar-refractivity contribution is 7.13. The van der Waals surface area contributed by atoms with Crippen molar-refractivity contribution in [2.24, 2.45) is 0 Å². The summed E-state index contributed by atoms with van der Waals surface area (Å²) >= 11 is 1.59. The first kappa shape index (κ1) is 13.3. The highest BCUT2D eigenvalue weighted by Crippen LogP contribution is 2.23. The Morgan fingerprint density at radius 1 is 1.72 bits per heavy atom. The van der Waals surface area contributed by atoms with E-state index in [4.69, 9.17) is 9.84 Å². The second-order valence-corrected chi connectivity index (χ2v) is 5.33. The van der Waals surface area contributed by atoms with Crippen molar-refractivity contribution in [3.63, 3.8) is 0 Å². The van der Waals surface area contributed by atoms with E-state index in [9.17, 15) is 4.79 Å². The van der Waals surface area contributed by atoms with Gasteiger partial charge in [0.05, 0.1) is 18.2 Å². The van der Waals surface area contributed by atoms with Crippen molar-refractivity contribution in [1.82, 2.24) is 4.98 Å². The van der Waals surface area contributed by atoms with Crippen LogP contribution in [0.15, 0.2) is 5.38 Å². The standard InChI is InChI=1S/C12H18N2O3S/c1-9-7-14(5-2-6-17-9)12-13-10(8-18-12)3-4-11(15)16/h8-9H,2-7H2,1H3,(H,15,16). The number of nitrogens with zero attached hydrogens (tertiary/aromatic N) is 2. The Morgan fingerprint density at radius 2 is 2.56 bits per heavy atom. The van der Waals surface area contributed by atoms with Gasteiger partial charge in [0.1, 0.15) is 0 Å². The topological polar surface area (TPSA) is 62.7 Å². The van der Waals surface area contributed by atoms with Crippen molar-refractivity contribution >= 4 is 22.4 Å². The summed E-state index contributed by atoms with van der Waals surface area (Å²) in [6, 6.07) is 0. The predicted molar refractivity (Wildman–Crippen MR) is 70.3 cm³/mol. The quantitative estimate of drug-likeness (QED) is 0.903. The van der Waals surface area contributed by atoms with Gasteiger partial charge in [-0.2, -0.15) is 0 Å². The molecule has 1 unspecified atom stereocenters. The minimum absolute atomic E-state index is 0.142. The number of hydrogen-bond donors (Lipinski definition) is 1. The Labute approximate surface area is 110 Å². The first-order valence-corrected chi connectivity index (χ1v) is 7.06. The zero-order chi connectivity index (χ0) is 13.0. The SMILES string of the molecule is CC1CN(c2nc(CCC(=O)O)cs2)CCCO1. The smallest absolute Gasteiger partial charge is 0.303 e. The summed E-state index contributed by atoms with van der Waals surface area (Å²) in [5.41, 5.74) is 0.871. The van der Waals surface area contributed by atoms with E-state index in [0.29, 0.717) is 6.42 Å². The molecular weight excluding hydrogens is 252 g/mol. The van der Waals surface area contributed by atoms with Crippen LogP contribution in [-0.4, -0.2) is 41.9 Å². The molecule has 18 heavy (non-hydrogen) atoms. The minimum atomic E-state index is -0.777. The van der Waals surface area contributed by atoms with Crippen LogP contribution in [-0.2, 0) is 16.0 Å². The molecule has 0 aromatic carbocycles. The van der Waals surface area contributed by atoms with Crippen molar-refractivity contribution in [1.29, 1.82) is 0 Å². The lowest BCUT2D eigenvalue weighted by atomic mass is 10.2. The molecule has 0 aliphatic carbocycles. The minimum Gasteiger partial charge on any atom is -0.481 e. The molecule has 0 saturated carbocycles. The second kappa shape index (κ2) is 6.15. The van der Waals surface area contributed by atoms with E-state index < -0.39 is 5.97 Å². The van der Waals surface area contributed by atoms with Crippen LogP contribution >= 0.6 is 11.3 Å². The van der Waals surface area contributed by atoms with Gasteiger partial charge in [0, 0.05) is 31.5 Å². The second-order valence-electron chi connectivity index (χ2n) is 4.50. The molecule has 1 fully saturated rings. The van der Waals surface area contributed by atoms with Crippen LogP contribution in [0.3, 0.4) is 0 Å². The molecule has 1 aliphatic heterocycles. The number of aryl methyl sites for hydroxylation is 1. The summed E-state index contributed by atoms with van der Waals surface area (Å²) in [5.74, 6) is -0.777. The van der Waals surface area contributed by atoms with E-state index in [1.54, 1.807) is 11.3 Å². The van der Waals surface area contributed by atoms with Crippen LogP contribution in [0.25, 0.3) is 0 Å². The highest BCUT2D eigenvalue weighted by Gasteiger charge is 2.18. The van der Waals surface area contributed by atoms with Gasteiger partial charge in [-0.25, -0.2) is 4.98 Å². The molecule has 0 radical (unpaired) electrons. The van der Waals surface area contributed by atoms with Gasteiger partial charge in [0.25, 0.3) is 0 Å². The molecule has 1 N–H and O–H groups in total. The summed E-state index contributed by atoms with van der Waals surface area (Å²) in [7, 11) is 0. The molecule has 2 rings (SSSR count). The Hall–Kier alpha value is -1.14. The van der Waals surface area contributed by atoms with Crippen LogP contribution in [0.1, 0.15) is 25.5 Å². The fourth-order valence-corrected chi connectivity index (χ4v) is 2.86. The molecule has 0 amide bonds. The molecule has 0 spiro atoms. The molecule has 1 aliphatic rings. The highest BCUT2D eigenvalue weighted by atomic mass is 32.1. The molecule has 6 heteroatoms. The Kier molecular flexibility index (Phi) is 4.54. The zero-order valence-electron chi connectivity index (χ0n) is 10.5. The molecule has 0 bridgehead atoms. The first-order chi connectivity index (χ1) is 8.65. The van der Waals surface area contributed by atoms with Crippen LogP contribution in [0.5, 0.6) is 0 Å². The largest absolute Gasteiger partial charge is 0.481 e. The summed E-state index contributed by atoms with van der Waals surface area (Å²) in [5, 5.41) is 11.6. The number of anilines is 1. The third-order valence-corrected chi connectivity index (χ3v) is 3.81. The van der Waals surface area contributed by atoms with E-state index in [-0.39, 0.29) is 12.5 Å². The van der Waals surface area contributed by atoms with Crippen LogP contribution in [0.2, 0.25) is 0 Å². The monoisotopic (exact) mass is 270 g/mol. The average molecular weight is 270 g/mol. The fourth-order valence-electron chi connectivity index (χ4n) is 1.96. The summed E-state index contributed by atoms with van der Waals surface area (Å²) in [4.78, 5) is 17.3. The van der Waals surface area contributed by atoms with Crippen LogP contribution in [0.4, 0.5) is 5.13 Å². The molecule has 5 nitrogen and oxygen atoms in total. The molecule has 100 valence electrons. The van der Waals surface area contributed by atoms with Gasteiger partial charge >= 0.3 is 5.97 Å². The fraction of sp³-hybridized carbons (Fsp3) is 0.667. The Morgan fingerprint density at radius 3 is 3.33 bits per heavy atom. The van der Waals surface area contributed by atoms with E-state index in [2.05, 4.69) is 16.8 Å². The maximum atomic E-state index is 10.5. The number of ether oxygens (including phenoxy) is 1. The van der Waals surface area contributed by atoms with Crippen molar-refractivity contribution in [2.75, 3.05) is 24.6 Å². The predicted octanol–water partition coefficient (Wildman–Crippen LogP) is 1.78. The average Bonchev–Trinajstić information content (AvgIpc) is 2.69. The number of carboxylic acid groups (broad SMARTS) is 1. The number of rotatable bonds is 4. The molecule has 1 aromatic heterocycles. The zero-order valence-corrected chi connectivity index (χ0v) is 11.3. The summed E-state index contributed by atoms with van der Waals surface area (Å²) in [6.45, 7) is 4.67. The van der Waals surface area contributed by atoms with Gasteiger partial charge in [-0.3, -0.25) is 4.79 Å². The number of hydrogen-bond acceptors (Lipinski definition) is 5. The third kappa shape index (κ3) is 3.68. The molecule has 1 saturated heterocycles. The normalized spacial score (nSPS) is 20.7. The van der Waals surface area contributed by atoms with Crippen molar-refractivity contribution in [2.45, 2.75) is 32.3 Å². The van der Waals surface area contributed by atoms with Gasteiger partial charge < -0.3 is 14.7 Å². The van der Waals surface area contributed by atoms with E-state index in [1.165, 1.54) is 0 Å².